The molecule has 0 bridgehead atoms. The van der Waals surface area contributed by atoms with E-state index < -0.39 is 6.36 Å². The molecule has 1 N–H and O–H groups in total. The van der Waals surface area contributed by atoms with Crippen LogP contribution in [0.2, 0.25) is 0 Å². The average molecular weight is 413 g/mol. The largest absolute Gasteiger partial charge is 0.573 e. The lowest BCUT2D eigenvalue weighted by Gasteiger charge is -2.19. The molecule has 0 aliphatic heterocycles. The highest BCUT2D eigenvalue weighted by atomic mass is 19.4. The second-order valence-electron chi connectivity index (χ2n) is 6.41. The maximum Gasteiger partial charge on any atom is 0.573 e. The van der Waals surface area contributed by atoms with Gasteiger partial charge >= 0.3 is 6.36 Å². The van der Waals surface area contributed by atoms with Crippen molar-refractivity contribution in [2.45, 2.75) is 52.5 Å². The molecule has 0 aliphatic rings. The number of ether oxygens (including phenoxy) is 3. The SMILES string of the molecule is CCC[C@H](CC)Oc1nc(C)c(-c2ccc(OC(F)(F)F)cc2OC)nc1NC. The van der Waals surface area contributed by atoms with Gasteiger partial charge in [0.15, 0.2) is 5.82 Å². The Hall–Kier alpha value is -2.71. The maximum absolute atomic E-state index is 12.5. The number of aromatic nitrogens is 2. The van der Waals surface area contributed by atoms with Crippen LogP contribution < -0.4 is 19.5 Å². The molecule has 160 valence electrons. The minimum Gasteiger partial charge on any atom is -0.496 e. The van der Waals surface area contributed by atoms with E-state index in [1.165, 1.54) is 25.3 Å². The van der Waals surface area contributed by atoms with Crippen molar-refractivity contribution in [1.82, 2.24) is 9.97 Å². The van der Waals surface area contributed by atoms with Gasteiger partial charge in [0.1, 0.15) is 17.6 Å². The van der Waals surface area contributed by atoms with Gasteiger partial charge in [0, 0.05) is 18.7 Å². The Morgan fingerprint density at radius 1 is 1.17 bits per heavy atom. The number of aryl methyl sites for hydroxylation is 1. The number of rotatable bonds is 9. The topological polar surface area (TPSA) is 65.5 Å². The summed E-state index contributed by atoms with van der Waals surface area (Å²) < 4.78 is 52.7. The molecular formula is C20H26F3N3O3. The molecule has 6 nitrogen and oxygen atoms in total. The molecule has 0 amide bonds. The Balaban J connectivity index is 2.44. The summed E-state index contributed by atoms with van der Waals surface area (Å²) in [6, 6.07) is 3.84. The third-order valence-electron chi connectivity index (χ3n) is 4.28. The van der Waals surface area contributed by atoms with Gasteiger partial charge in [-0.05, 0) is 31.9 Å². The first-order chi connectivity index (χ1) is 13.7. The second kappa shape index (κ2) is 9.67. The van der Waals surface area contributed by atoms with Crippen LogP contribution in [0.3, 0.4) is 0 Å². The van der Waals surface area contributed by atoms with Crippen molar-refractivity contribution in [3.05, 3.63) is 23.9 Å². The summed E-state index contributed by atoms with van der Waals surface area (Å²) in [7, 11) is 3.07. The number of nitrogens with zero attached hydrogens (tertiary/aromatic N) is 2. The van der Waals surface area contributed by atoms with Crippen LogP contribution in [-0.4, -0.2) is 36.6 Å². The standard InChI is InChI=1S/C20H26F3N3O3/c1-6-8-13(7-2)28-19-18(24-4)26-17(12(3)25-19)15-10-9-14(11-16(15)27-5)29-20(21,22)23/h9-11,13H,6-8H2,1-5H3,(H,24,26)/t13-/m0/s1. The molecule has 1 aromatic heterocycles. The summed E-state index contributed by atoms with van der Waals surface area (Å²) in [5.41, 5.74) is 1.53. The molecule has 1 aromatic carbocycles. The van der Waals surface area contributed by atoms with E-state index >= 15 is 0 Å². The van der Waals surface area contributed by atoms with Gasteiger partial charge in [-0.25, -0.2) is 9.97 Å². The van der Waals surface area contributed by atoms with Gasteiger partial charge in [-0.1, -0.05) is 20.3 Å². The number of hydrogen-bond acceptors (Lipinski definition) is 6. The molecule has 1 atom stereocenters. The van der Waals surface area contributed by atoms with Crippen molar-refractivity contribution >= 4 is 5.82 Å². The van der Waals surface area contributed by atoms with Gasteiger partial charge in [0.2, 0.25) is 0 Å². The van der Waals surface area contributed by atoms with E-state index in [2.05, 4.69) is 26.9 Å². The normalized spacial score (nSPS) is 12.4. The van der Waals surface area contributed by atoms with Crippen molar-refractivity contribution < 1.29 is 27.4 Å². The summed E-state index contributed by atoms with van der Waals surface area (Å²) >= 11 is 0. The van der Waals surface area contributed by atoms with Crippen LogP contribution in [0.4, 0.5) is 19.0 Å². The van der Waals surface area contributed by atoms with Gasteiger partial charge < -0.3 is 19.5 Å². The van der Waals surface area contributed by atoms with Crippen LogP contribution in [0.25, 0.3) is 11.3 Å². The molecule has 0 spiro atoms. The van der Waals surface area contributed by atoms with Crippen LogP contribution in [0, 0.1) is 6.92 Å². The van der Waals surface area contributed by atoms with E-state index in [-0.39, 0.29) is 17.6 Å². The highest BCUT2D eigenvalue weighted by Gasteiger charge is 2.31. The lowest BCUT2D eigenvalue weighted by molar-refractivity contribution is -0.274. The second-order valence-corrected chi connectivity index (χ2v) is 6.41. The third kappa shape index (κ3) is 5.88. The monoisotopic (exact) mass is 413 g/mol. The first-order valence-corrected chi connectivity index (χ1v) is 9.39. The van der Waals surface area contributed by atoms with Gasteiger partial charge in [-0.15, -0.1) is 13.2 Å². The Kier molecular flexibility index (Phi) is 7.53. The molecule has 2 aromatic rings. The predicted octanol–water partition coefficient (Wildman–Crippen LogP) is 5.36. The molecule has 0 fully saturated rings. The molecule has 0 saturated heterocycles. The van der Waals surface area contributed by atoms with Crippen LogP contribution in [0.15, 0.2) is 18.2 Å². The van der Waals surface area contributed by atoms with Gasteiger partial charge in [0.05, 0.1) is 18.5 Å². The molecule has 9 heteroatoms. The number of anilines is 1. The number of alkyl halides is 3. The predicted molar refractivity (Wildman–Crippen MR) is 105 cm³/mol. The zero-order valence-electron chi connectivity index (χ0n) is 17.2. The number of benzene rings is 1. The summed E-state index contributed by atoms with van der Waals surface area (Å²) in [6.07, 6.45) is -2.03. The van der Waals surface area contributed by atoms with Crippen LogP contribution in [0.5, 0.6) is 17.4 Å². The molecule has 2 rings (SSSR count). The van der Waals surface area contributed by atoms with E-state index in [1.54, 1.807) is 14.0 Å². The van der Waals surface area contributed by atoms with E-state index in [0.717, 1.165) is 19.3 Å². The fourth-order valence-corrected chi connectivity index (χ4v) is 2.89. The molecule has 29 heavy (non-hydrogen) atoms. The molecule has 1 heterocycles. The van der Waals surface area contributed by atoms with Crippen molar-refractivity contribution in [3.8, 4) is 28.6 Å². The summed E-state index contributed by atoms with van der Waals surface area (Å²) in [6.45, 7) is 5.89. The average Bonchev–Trinajstić information content (AvgIpc) is 2.66. The number of halogens is 3. The molecule has 0 unspecified atom stereocenters. The highest BCUT2D eigenvalue weighted by Crippen LogP contribution is 2.37. The van der Waals surface area contributed by atoms with E-state index in [4.69, 9.17) is 9.47 Å². The zero-order valence-corrected chi connectivity index (χ0v) is 17.2. The van der Waals surface area contributed by atoms with Crippen molar-refractivity contribution in [2.24, 2.45) is 0 Å². The smallest absolute Gasteiger partial charge is 0.496 e. The molecular weight excluding hydrogens is 387 g/mol. The Labute approximate surface area is 168 Å². The Morgan fingerprint density at radius 2 is 1.90 bits per heavy atom. The minimum absolute atomic E-state index is 0.0278. The molecule has 0 aliphatic carbocycles. The van der Waals surface area contributed by atoms with Gasteiger partial charge in [-0.3, -0.25) is 0 Å². The van der Waals surface area contributed by atoms with Crippen molar-refractivity contribution in [3.63, 3.8) is 0 Å². The maximum atomic E-state index is 12.5. The molecule has 0 radical (unpaired) electrons. The quantitative estimate of drug-likeness (QED) is 0.597. The minimum atomic E-state index is -4.78. The van der Waals surface area contributed by atoms with Gasteiger partial charge in [0.25, 0.3) is 5.88 Å². The van der Waals surface area contributed by atoms with Crippen LogP contribution >= 0.6 is 0 Å². The Morgan fingerprint density at radius 3 is 2.45 bits per heavy atom. The molecule has 0 saturated carbocycles. The summed E-state index contributed by atoms with van der Waals surface area (Å²) in [5, 5.41) is 2.97. The fourth-order valence-electron chi connectivity index (χ4n) is 2.89. The number of methoxy groups -OCH3 is 1. The van der Waals surface area contributed by atoms with Crippen LogP contribution in [-0.2, 0) is 0 Å². The van der Waals surface area contributed by atoms with E-state index in [1.807, 2.05) is 6.92 Å². The van der Waals surface area contributed by atoms with Crippen LogP contribution in [0.1, 0.15) is 38.8 Å². The van der Waals surface area contributed by atoms with E-state index in [9.17, 15) is 13.2 Å². The first-order valence-electron chi connectivity index (χ1n) is 9.39. The fraction of sp³-hybridized carbons (Fsp3) is 0.500. The lowest BCUT2D eigenvalue weighted by atomic mass is 10.1. The third-order valence-corrected chi connectivity index (χ3v) is 4.28. The first kappa shape index (κ1) is 22.6. The summed E-state index contributed by atoms with van der Waals surface area (Å²) in [4.78, 5) is 9.11. The van der Waals surface area contributed by atoms with Crippen molar-refractivity contribution in [2.75, 3.05) is 19.5 Å². The number of nitrogens with one attached hydrogen (secondary N) is 1. The van der Waals surface area contributed by atoms with Crippen molar-refractivity contribution in [1.29, 1.82) is 0 Å². The highest BCUT2D eigenvalue weighted by molar-refractivity contribution is 5.72. The number of hydrogen-bond donors (Lipinski definition) is 1. The zero-order chi connectivity index (χ0) is 21.6. The summed E-state index contributed by atoms with van der Waals surface area (Å²) in [5.74, 6) is 0.656. The van der Waals surface area contributed by atoms with Gasteiger partial charge in [-0.2, -0.15) is 0 Å². The Bertz CT molecular complexity index is 829. The van der Waals surface area contributed by atoms with E-state index in [0.29, 0.717) is 28.6 Å². The lowest BCUT2D eigenvalue weighted by Crippen LogP contribution is -2.18.